The van der Waals surface area contributed by atoms with Crippen molar-refractivity contribution in [3.8, 4) is 0 Å². The average molecular weight is 259 g/mol. The molecule has 0 amide bonds. The zero-order valence-corrected chi connectivity index (χ0v) is 10.2. The van der Waals surface area contributed by atoms with Gasteiger partial charge in [-0.2, -0.15) is 36.4 Å². The molecule has 1 aromatic rings. The van der Waals surface area contributed by atoms with Crippen molar-refractivity contribution in [1.82, 2.24) is 0 Å². The van der Waals surface area contributed by atoms with E-state index in [2.05, 4.69) is 19.7 Å². The van der Waals surface area contributed by atoms with Crippen LogP contribution in [-0.2, 0) is 16.3 Å². The van der Waals surface area contributed by atoms with E-state index in [4.69, 9.17) is 0 Å². The minimum atomic E-state index is 0. The molecule has 1 rings (SSSR count). The van der Waals surface area contributed by atoms with Crippen LogP contribution in [0.5, 0.6) is 0 Å². The summed E-state index contributed by atoms with van der Waals surface area (Å²) in [6.07, 6.45) is 0. The summed E-state index contributed by atoms with van der Waals surface area (Å²) in [5.41, 5.74) is 0. The number of benzene rings is 1. The average Bonchev–Trinajstić information content (AvgIpc) is 1.96. The van der Waals surface area contributed by atoms with Gasteiger partial charge < -0.3 is 0 Å². The molecule has 0 saturated heterocycles. The van der Waals surface area contributed by atoms with E-state index in [1.54, 1.807) is 0 Å². The molecule has 0 radical (unpaired) electrons. The molecule has 0 heterocycles. The summed E-state index contributed by atoms with van der Waals surface area (Å²) in [5, 5.41) is 0. The van der Waals surface area contributed by atoms with Gasteiger partial charge in [0, 0.05) is 0 Å². The molecule has 0 bridgehead atoms. The van der Waals surface area contributed by atoms with Crippen LogP contribution in [0.15, 0.2) is 30.3 Å². The van der Waals surface area contributed by atoms with Crippen LogP contribution in [0.25, 0.3) is 0 Å². The van der Waals surface area contributed by atoms with Crippen molar-refractivity contribution in [2.45, 2.75) is 0 Å². The normalized spacial score (nSPS) is 6.11. The monoisotopic (exact) mass is 256 g/mol. The Kier molecular flexibility index (Phi) is 15.6. The first-order valence-corrected chi connectivity index (χ1v) is 9.13. The smallest absolute Gasteiger partial charge is 0.171 e. The van der Waals surface area contributed by atoms with Crippen LogP contribution >= 0.6 is 26.0 Å². The van der Waals surface area contributed by atoms with Gasteiger partial charge in [0.1, 0.15) is 0 Å². The number of hydrogen-bond donors (Lipinski definition) is 0. The van der Waals surface area contributed by atoms with Gasteiger partial charge in [-0.15, -0.1) is 12.4 Å². The minimum Gasteiger partial charge on any atom is -0.184 e. The molecule has 9 heavy (non-hydrogen) atoms. The van der Waals surface area contributed by atoms with Gasteiger partial charge in [0.2, 0.25) is 0 Å². The summed E-state index contributed by atoms with van der Waals surface area (Å²) in [4.78, 5) is 0. The quantitative estimate of drug-likeness (QED) is 0.496. The summed E-state index contributed by atoms with van der Waals surface area (Å²) < 4.78 is 0. The van der Waals surface area contributed by atoms with Crippen molar-refractivity contribution in [3.05, 3.63) is 36.4 Å². The van der Waals surface area contributed by atoms with E-state index >= 15 is 0 Å². The predicted octanol–water partition coefficient (Wildman–Crippen LogP) is 2.75. The second-order valence-electron chi connectivity index (χ2n) is 1.08. The molecular formula is C6H6BrClZn. The molecule has 1 aromatic carbocycles. The van der Waals surface area contributed by atoms with E-state index in [0.717, 1.165) is 0 Å². The fraction of sp³-hybridized carbons (Fsp3) is 0. The van der Waals surface area contributed by atoms with Gasteiger partial charge in [-0.25, -0.2) is 0 Å². The molecule has 0 N–H and O–H groups in total. The first-order valence-electron chi connectivity index (χ1n) is 2.18. The Labute approximate surface area is 78.5 Å². The van der Waals surface area contributed by atoms with Crippen molar-refractivity contribution >= 4 is 26.0 Å². The van der Waals surface area contributed by atoms with Gasteiger partial charge in [0.15, 0.2) is 0 Å². The zero-order chi connectivity index (χ0) is 6.24. The van der Waals surface area contributed by atoms with Gasteiger partial charge >= 0.3 is 30.0 Å². The van der Waals surface area contributed by atoms with E-state index in [1.165, 1.54) is 16.3 Å². The number of halogens is 2. The molecule has 0 aromatic heterocycles. The first kappa shape index (κ1) is 12.3. The molecule has 0 aliphatic rings. The fourth-order valence-electron chi connectivity index (χ4n) is 0.342. The standard InChI is InChI=1S/C6H5.BrH.ClH.Zn/c1-2-4-6-5-3-1;;;/h1-5H;2*1H;/q-1;;;+2/p-1. The summed E-state index contributed by atoms with van der Waals surface area (Å²) >= 11 is 4.25. The molecule has 0 atom stereocenters. The molecule has 0 aliphatic carbocycles. The molecule has 0 unspecified atom stereocenters. The third kappa shape index (κ3) is 8.61. The van der Waals surface area contributed by atoms with E-state index in [0.29, 0.717) is 0 Å². The van der Waals surface area contributed by atoms with Crippen LogP contribution in [0.3, 0.4) is 0 Å². The van der Waals surface area contributed by atoms with E-state index in [-0.39, 0.29) is 12.4 Å². The zero-order valence-electron chi connectivity index (χ0n) is 4.88. The Hall–Kier alpha value is 0.613. The van der Waals surface area contributed by atoms with E-state index < -0.39 is 0 Å². The van der Waals surface area contributed by atoms with Gasteiger partial charge in [-0.05, 0) is 0 Å². The second kappa shape index (κ2) is 11.4. The maximum atomic E-state index is 3.06. The molecular weight excluding hydrogens is 253 g/mol. The maximum Gasteiger partial charge on any atom is -0.171 e. The van der Waals surface area contributed by atoms with Crippen LogP contribution in [0.1, 0.15) is 0 Å². The van der Waals surface area contributed by atoms with Crippen LogP contribution in [0, 0.1) is 6.07 Å². The molecule has 0 nitrogen and oxygen atoms in total. The minimum absolute atomic E-state index is 0. The Morgan fingerprint density at radius 2 is 1.44 bits per heavy atom. The van der Waals surface area contributed by atoms with Crippen LogP contribution in [0.4, 0.5) is 0 Å². The SMILES string of the molecule is Cl.[Zn+][Br].[c-]1ccccc1. The van der Waals surface area contributed by atoms with Crippen molar-refractivity contribution < 1.29 is 16.3 Å². The van der Waals surface area contributed by atoms with Gasteiger partial charge in [0.05, 0.1) is 0 Å². The predicted molar refractivity (Wildman–Crippen MR) is 41.5 cm³/mol. The Morgan fingerprint density at radius 3 is 1.56 bits per heavy atom. The molecule has 3 heteroatoms. The molecule has 0 saturated carbocycles. The number of hydrogen-bond acceptors (Lipinski definition) is 0. The summed E-state index contributed by atoms with van der Waals surface area (Å²) in [6, 6.07) is 12.5. The molecule has 0 spiro atoms. The van der Waals surface area contributed by atoms with Gasteiger partial charge in [0.25, 0.3) is 0 Å². The van der Waals surface area contributed by atoms with Gasteiger partial charge in [-0.1, -0.05) is 0 Å². The van der Waals surface area contributed by atoms with Crippen LogP contribution < -0.4 is 0 Å². The van der Waals surface area contributed by atoms with Crippen molar-refractivity contribution in [2.75, 3.05) is 0 Å². The number of rotatable bonds is 0. The summed E-state index contributed by atoms with van der Waals surface area (Å²) in [6.45, 7) is 0. The first-order chi connectivity index (χ1) is 4.00. The Balaban J connectivity index is 0. The van der Waals surface area contributed by atoms with Gasteiger partial charge in [-0.3, -0.25) is 0 Å². The fourth-order valence-corrected chi connectivity index (χ4v) is 0.342. The van der Waals surface area contributed by atoms with E-state index in [9.17, 15) is 0 Å². The summed E-state index contributed by atoms with van der Waals surface area (Å²) in [7, 11) is 0. The maximum absolute atomic E-state index is 3.06. The Morgan fingerprint density at radius 1 is 1.00 bits per heavy atom. The second-order valence-corrected chi connectivity index (χ2v) is 1.08. The van der Waals surface area contributed by atoms with Crippen molar-refractivity contribution in [3.63, 3.8) is 0 Å². The van der Waals surface area contributed by atoms with Crippen LogP contribution in [-0.4, -0.2) is 0 Å². The van der Waals surface area contributed by atoms with E-state index in [1.807, 2.05) is 30.3 Å². The van der Waals surface area contributed by atoms with Crippen LogP contribution in [0.2, 0.25) is 0 Å². The molecule has 0 fully saturated rings. The largest absolute Gasteiger partial charge is 0.184 e. The topological polar surface area (TPSA) is 0 Å². The van der Waals surface area contributed by atoms with Crippen molar-refractivity contribution in [2.24, 2.45) is 0 Å². The third-order valence-corrected chi connectivity index (χ3v) is 0.607. The molecule has 0 aliphatic heterocycles. The summed E-state index contributed by atoms with van der Waals surface area (Å²) in [5.74, 6) is 0. The Bertz CT molecular complexity index is 85.0. The third-order valence-electron chi connectivity index (χ3n) is 0.607. The molecule has 46 valence electrons. The van der Waals surface area contributed by atoms with Crippen molar-refractivity contribution in [1.29, 1.82) is 0 Å².